The molecule has 0 saturated carbocycles. The fourth-order valence-corrected chi connectivity index (χ4v) is 5.73. The highest BCUT2D eigenvalue weighted by Gasteiger charge is 2.35. The van der Waals surface area contributed by atoms with Crippen molar-refractivity contribution in [2.75, 3.05) is 18.5 Å². The third-order valence-electron chi connectivity index (χ3n) is 6.46. The average Bonchev–Trinajstić information content (AvgIpc) is 3.31. The van der Waals surface area contributed by atoms with Gasteiger partial charge in [0.15, 0.2) is 0 Å². The number of aliphatic hydroxyl groups is 1. The number of nitrogens with one attached hydrogen (secondary N) is 2. The number of amides is 2. The van der Waals surface area contributed by atoms with Crippen molar-refractivity contribution in [2.24, 2.45) is 5.11 Å². The van der Waals surface area contributed by atoms with Gasteiger partial charge in [0.05, 0.1) is 12.7 Å². The molecular formula is C24H40N7O7P3. The van der Waals surface area contributed by atoms with E-state index < -0.39 is 36.1 Å². The molecule has 0 bridgehead atoms. The van der Waals surface area contributed by atoms with Crippen LogP contribution in [0, 0.1) is 0 Å². The molecule has 3 N–H and O–H groups in total. The predicted molar refractivity (Wildman–Crippen MR) is 162 cm³/mol. The van der Waals surface area contributed by atoms with Gasteiger partial charge in [-0.05, 0) is 37.3 Å². The number of nitrogens with zero attached hydrogens (tertiary/aromatic N) is 5. The minimum Gasteiger partial charge on any atom is -0.390 e. The maximum atomic E-state index is 12.5. The van der Waals surface area contributed by atoms with E-state index in [4.69, 9.17) is 14.8 Å². The molecule has 0 aromatic carbocycles. The predicted octanol–water partition coefficient (Wildman–Crippen LogP) is 3.72. The third-order valence-corrected chi connectivity index (χ3v) is 8.74. The molecule has 2 amide bonds. The molecule has 1 aromatic heterocycles. The molecule has 1 saturated heterocycles. The lowest BCUT2D eigenvalue weighted by molar-refractivity contribution is -0.121. The Morgan fingerprint density at radius 2 is 2.05 bits per heavy atom. The van der Waals surface area contributed by atoms with E-state index in [1.165, 1.54) is 16.8 Å². The van der Waals surface area contributed by atoms with E-state index in [1.54, 1.807) is 0 Å². The highest BCUT2D eigenvalue weighted by atomic mass is 32.4. The maximum absolute atomic E-state index is 12.5. The van der Waals surface area contributed by atoms with Gasteiger partial charge in [-0.3, -0.25) is 19.0 Å². The Balaban J connectivity index is 1.74. The second-order valence-electron chi connectivity index (χ2n) is 9.53. The quantitative estimate of drug-likeness (QED) is 0.0636. The Bertz CT molecular complexity index is 1100. The summed E-state index contributed by atoms with van der Waals surface area (Å²) in [5.41, 5.74) is 8.23. The Hall–Kier alpha value is -2.03. The fourth-order valence-electron chi connectivity index (χ4n) is 4.15. The highest BCUT2D eigenvalue weighted by Crippen LogP contribution is 2.44. The molecule has 1 aliphatic heterocycles. The summed E-state index contributed by atoms with van der Waals surface area (Å²) in [5.74, 6) is -0.274. The Kier molecular flexibility index (Phi) is 17.1. The molecule has 1 aliphatic rings. The number of ketones is 1. The van der Waals surface area contributed by atoms with Crippen LogP contribution in [0.15, 0.2) is 22.2 Å². The number of Topliss-reactive ketones (excluding diaryl/α,β-unsaturated/α-hetero) is 1. The zero-order valence-corrected chi connectivity index (χ0v) is 26.3. The third kappa shape index (κ3) is 13.7. The van der Waals surface area contributed by atoms with Crippen LogP contribution in [0.3, 0.4) is 0 Å². The number of unbranched alkanes of at least 4 members (excludes halogenated alkanes) is 2. The van der Waals surface area contributed by atoms with Gasteiger partial charge in [-0.2, -0.15) is 4.98 Å². The van der Waals surface area contributed by atoms with E-state index in [0.717, 1.165) is 19.3 Å². The van der Waals surface area contributed by atoms with Crippen LogP contribution in [0.25, 0.3) is 10.4 Å². The first-order valence-electron chi connectivity index (χ1n) is 13.6. The Labute approximate surface area is 244 Å². The first-order valence-corrected chi connectivity index (χ1v) is 18.4. The van der Waals surface area contributed by atoms with Gasteiger partial charge < -0.3 is 25.0 Å². The van der Waals surface area contributed by atoms with Crippen molar-refractivity contribution in [3.63, 3.8) is 0 Å². The SMILES string of the molecule is CCC(=O)CCCCCNC(=O)CCC(CCC(=O)Nc1ccn([C@H]2CC(O)[C@@H](COPPP)O2)c(=O)n1)N=[N+]=[N-]. The standard InChI is InChI=1S/C24H40N7O7P3/c1-2-17(32)6-4-3-5-12-26-21(34)9-7-16(29-30-25)8-10-22(35)27-20-11-13-31(24(36)28-20)23-14-18(33)19(38-23)15-37-40-41-39/h11,13,16,18-19,23,33,40-41H,2-10,12,14-15,39H2,1H3,(H,26,34)(H,27,28,35,36)/t16?,18?,19-,23-/m1/s1. The topological polar surface area (TPSA) is 198 Å². The van der Waals surface area contributed by atoms with Crippen LogP contribution >= 0.6 is 25.4 Å². The zero-order valence-electron chi connectivity index (χ0n) is 23.2. The molecular weight excluding hydrogens is 591 g/mol. The smallest absolute Gasteiger partial charge is 0.351 e. The molecule has 41 heavy (non-hydrogen) atoms. The lowest BCUT2D eigenvalue weighted by atomic mass is 10.1. The fraction of sp³-hybridized carbons (Fsp3) is 0.708. The van der Waals surface area contributed by atoms with Crippen molar-refractivity contribution < 1.29 is 28.8 Å². The van der Waals surface area contributed by atoms with Gasteiger partial charge in [0.25, 0.3) is 0 Å². The monoisotopic (exact) mass is 631 g/mol. The molecule has 0 aliphatic carbocycles. The van der Waals surface area contributed by atoms with Gasteiger partial charge in [-0.1, -0.05) is 26.4 Å². The summed E-state index contributed by atoms with van der Waals surface area (Å²) < 4.78 is 12.5. The van der Waals surface area contributed by atoms with Gasteiger partial charge in [-0.25, -0.2) is 4.79 Å². The number of aromatic nitrogens is 2. The van der Waals surface area contributed by atoms with Crippen LogP contribution in [0.5, 0.6) is 0 Å². The summed E-state index contributed by atoms with van der Waals surface area (Å²) in [6.45, 7) is 2.59. The van der Waals surface area contributed by atoms with Crippen molar-refractivity contribution in [3.8, 4) is 0 Å². The maximum Gasteiger partial charge on any atom is 0.351 e. The minimum atomic E-state index is -0.771. The zero-order chi connectivity index (χ0) is 30.0. The summed E-state index contributed by atoms with van der Waals surface area (Å²) >= 11 is 0. The molecule has 14 nitrogen and oxygen atoms in total. The molecule has 0 radical (unpaired) electrons. The van der Waals surface area contributed by atoms with Crippen molar-refractivity contribution in [2.45, 2.75) is 95.6 Å². The van der Waals surface area contributed by atoms with Crippen molar-refractivity contribution in [3.05, 3.63) is 33.2 Å². The molecule has 17 heteroatoms. The van der Waals surface area contributed by atoms with Crippen molar-refractivity contribution in [1.82, 2.24) is 14.9 Å². The molecule has 2 heterocycles. The summed E-state index contributed by atoms with van der Waals surface area (Å²) in [4.78, 5) is 55.1. The molecule has 2 rings (SSSR count). The van der Waals surface area contributed by atoms with Crippen molar-refractivity contribution >= 4 is 48.8 Å². The summed E-state index contributed by atoms with van der Waals surface area (Å²) in [6.07, 6.45) is 3.91. The second kappa shape index (κ2) is 20.0. The first-order chi connectivity index (χ1) is 19.8. The molecule has 1 aromatic rings. The normalized spacial score (nSPS) is 19.4. The number of anilines is 1. The van der Waals surface area contributed by atoms with Crippen LogP contribution in [-0.2, 0) is 23.6 Å². The lowest BCUT2D eigenvalue weighted by Crippen LogP contribution is -2.29. The van der Waals surface area contributed by atoms with E-state index in [-0.39, 0.29) is 49.8 Å². The summed E-state index contributed by atoms with van der Waals surface area (Å²) in [5, 5.41) is 19.3. The van der Waals surface area contributed by atoms with Gasteiger partial charge >= 0.3 is 5.69 Å². The second-order valence-corrected chi connectivity index (χ2v) is 14.4. The lowest BCUT2D eigenvalue weighted by Gasteiger charge is -2.16. The van der Waals surface area contributed by atoms with E-state index >= 15 is 0 Å². The summed E-state index contributed by atoms with van der Waals surface area (Å²) in [6, 6.07) is 0.921. The number of rotatable bonds is 20. The average molecular weight is 632 g/mol. The molecule has 5 unspecified atom stereocenters. The van der Waals surface area contributed by atoms with Crippen molar-refractivity contribution in [1.29, 1.82) is 0 Å². The van der Waals surface area contributed by atoms with Crippen LogP contribution in [0.1, 0.15) is 77.4 Å². The van der Waals surface area contributed by atoms with E-state index in [2.05, 4.69) is 34.6 Å². The number of azide groups is 1. The van der Waals surface area contributed by atoms with E-state index in [0.29, 0.717) is 42.3 Å². The minimum absolute atomic E-state index is 0.00363. The molecule has 1 fully saturated rings. The van der Waals surface area contributed by atoms with Crippen LogP contribution in [0.4, 0.5) is 5.82 Å². The molecule has 7 atom stereocenters. The van der Waals surface area contributed by atoms with Gasteiger partial charge in [0.1, 0.15) is 23.9 Å². The van der Waals surface area contributed by atoms with Crippen LogP contribution in [-0.4, -0.2) is 63.7 Å². The van der Waals surface area contributed by atoms with Gasteiger partial charge in [-0.15, -0.1) is 8.93 Å². The van der Waals surface area contributed by atoms with Crippen LogP contribution < -0.4 is 16.3 Å². The van der Waals surface area contributed by atoms with E-state index in [1.807, 2.05) is 6.92 Å². The number of hydrogen-bond donors (Lipinski definition) is 3. The first kappa shape index (κ1) is 35.2. The Morgan fingerprint density at radius 3 is 2.73 bits per heavy atom. The van der Waals surface area contributed by atoms with Gasteiger partial charge in [0.2, 0.25) is 11.8 Å². The number of aliphatic hydroxyl groups excluding tert-OH is 1. The molecule has 0 spiro atoms. The Morgan fingerprint density at radius 1 is 1.29 bits per heavy atom. The number of ether oxygens (including phenoxy) is 1. The highest BCUT2D eigenvalue weighted by molar-refractivity contribution is 8.37. The number of carbonyl (C=O) groups is 3. The van der Waals surface area contributed by atoms with E-state index in [9.17, 15) is 24.3 Å². The largest absolute Gasteiger partial charge is 0.390 e. The van der Waals surface area contributed by atoms with Gasteiger partial charge in [0, 0.05) is 64.3 Å². The molecule has 228 valence electrons. The van der Waals surface area contributed by atoms with Crippen LogP contribution in [0.2, 0.25) is 0 Å². The number of carbonyl (C=O) groups excluding carboxylic acids is 3. The summed E-state index contributed by atoms with van der Waals surface area (Å²) in [7, 11) is 3.46. The number of hydrogen-bond acceptors (Lipinski definition) is 9.